The monoisotopic (exact) mass is 277 g/mol. The minimum Gasteiger partial charge on any atom is -0.390 e. The van der Waals surface area contributed by atoms with Crippen molar-refractivity contribution in [3.8, 4) is 0 Å². The fourth-order valence-electron chi connectivity index (χ4n) is 1.32. The van der Waals surface area contributed by atoms with Gasteiger partial charge in [0, 0.05) is 16.7 Å². The number of aromatic nitrogens is 1. The maximum atomic E-state index is 12.6. The van der Waals surface area contributed by atoms with Crippen LogP contribution in [0.5, 0.6) is 0 Å². The van der Waals surface area contributed by atoms with Crippen molar-refractivity contribution in [3.05, 3.63) is 33.8 Å². The summed E-state index contributed by atoms with van der Waals surface area (Å²) in [4.78, 5) is 5.67. The van der Waals surface area contributed by atoms with Crippen molar-refractivity contribution in [1.82, 2.24) is 4.98 Å². The van der Waals surface area contributed by atoms with Gasteiger partial charge in [-0.25, -0.2) is 4.98 Å². The summed E-state index contributed by atoms with van der Waals surface area (Å²) in [5.41, 5.74) is 11.6. The summed E-state index contributed by atoms with van der Waals surface area (Å²) in [5, 5.41) is 22.0. The van der Waals surface area contributed by atoms with Gasteiger partial charge in [-0.2, -0.15) is 13.2 Å². The number of hydrogen-bond acceptors (Lipinski definition) is 5. The summed E-state index contributed by atoms with van der Waals surface area (Å²) >= 11 is 0. The zero-order chi connectivity index (χ0) is 14.6. The van der Waals surface area contributed by atoms with E-state index in [2.05, 4.69) is 15.0 Å². The number of nitrogens with two attached hydrogens (primary N) is 1. The van der Waals surface area contributed by atoms with Crippen LogP contribution < -0.4 is 5.73 Å². The normalized spacial score (nSPS) is 14.6. The van der Waals surface area contributed by atoms with Crippen LogP contribution in [-0.4, -0.2) is 27.8 Å². The molecular weight excluding hydrogens is 267 g/mol. The van der Waals surface area contributed by atoms with Crippen LogP contribution in [0.2, 0.25) is 0 Å². The van der Waals surface area contributed by atoms with Crippen LogP contribution in [-0.2, 0) is 6.18 Å². The van der Waals surface area contributed by atoms with Crippen molar-refractivity contribution < 1.29 is 23.4 Å². The van der Waals surface area contributed by atoms with E-state index in [4.69, 9.17) is 11.3 Å². The van der Waals surface area contributed by atoms with Crippen LogP contribution >= 0.6 is 0 Å². The molecule has 2 atom stereocenters. The molecule has 0 radical (unpaired) electrons. The van der Waals surface area contributed by atoms with E-state index in [0.717, 1.165) is 6.20 Å². The van der Waals surface area contributed by atoms with Gasteiger partial charge in [0.15, 0.2) is 0 Å². The number of nitrogens with zero attached hydrogens (tertiary/aromatic N) is 4. The highest BCUT2D eigenvalue weighted by atomic mass is 19.4. The third-order valence-electron chi connectivity index (χ3n) is 2.28. The predicted octanol–water partition coefficient (Wildman–Crippen LogP) is 1.39. The Kier molecular flexibility index (Phi) is 4.54. The van der Waals surface area contributed by atoms with E-state index in [-0.39, 0.29) is 5.56 Å². The highest BCUT2D eigenvalue weighted by Gasteiger charge is 2.34. The molecule has 1 aromatic rings. The van der Waals surface area contributed by atoms with Crippen molar-refractivity contribution in [2.75, 3.05) is 12.3 Å². The molecule has 1 heterocycles. The van der Waals surface area contributed by atoms with Crippen LogP contribution in [0.3, 0.4) is 0 Å². The molecule has 0 saturated carbocycles. The summed E-state index contributed by atoms with van der Waals surface area (Å²) in [6.45, 7) is -0.483. The Bertz CT molecular complexity index is 501. The van der Waals surface area contributed by atoms with Crippen LogP contribution in [0, 0.1) is 0 Å². The van der Waals surface area contributed by atoms with Gasteiger partial charge in [0.25, 0.3) is 0 Å². The van der Waals surface area contributed by atoms with E-state index in [1.54, 1.807) is 0 Å². The van der Waals surface area contributed by atoms with Crippen molar-refractivity contribution >= 4 is 5.82 Å². The van der Waals surface area contributed by atoms with E-state index < -0.39 is 36.3 Å². The Labute approximate surface area is 105 Å². The van der Waals surface area contributed by atoms with E-state index >= 15 is 0 Å². The van der Waals surface area contributed by atoms with Crippen LogP contribution in [0.4, 0.5) is 19.0 Å². The molecule has 0 amide bonds. The van der Waals surface area contributed by atoms with Gasteiger partial charge in [-0.1, -0.05) is 5.11 Å². The Morgan fingerprint density at radius 3 is 2.63 bits per heavy atom. The zero-order valence-electron chi connectivity index (χ0n) is 9.41. The van der Waals surface area contributed by atoms with E-state index in [0.29, 0.717) is 6.07 Å². The summed E-state index contributed by atoms with van der Waals surface area (Å²) in [5.74, 6) is -0.729. The Balaban J connectivity index is 3.05. The maximum absolute atomic E-state index is 12.6. The molecule has 7 nitrogen and oxygen atoms in total. The molecule has 0 spiro atoms. The maximum Gasteiger partial charge on any atom is 0.419 e. The standard InChI is InChI=1S/C9H10F3N5O2/c10-9(11,12)5-1-4(2-15-8(5)13)7(19)6(18)3-16-17-14/h1-2,6-7,18-19H,3H2,(H2,13,15). The molecule has 0 aliphatic rings. The second kappa shape index (κ2) is 5.74. The number of rotatable bonds is 4. The first-order valence-corrected chi connectivity index (χ1v) is 4.97. The Morgan fingerprint density at radius 1 is 1.47 bits per heavy atom. The highest BCUT2D eigenvalue weighted by molar-refractivity contribution is 5.43. The first-order chi connectivity index (χ1) is 8.77. The van der Waals surface area contributed by atoms with E-state index in [1.165, 1.54) is 0 Å². The van der Waals surface area contributed by atoms with E-state index in [1.807, 2.05) is 0 Å². The molecule has 104 valence electrons. The molecule has 10 heteroatoms. The lowest BCUT2D eigenvalue weighted by molar-refractivity contribution is -0.137. The van der Waals surface area contributed by atoms with Gasteiger partial charge in [-0.3, -0.25) is 0 Å². The first-order valence-electron chi connectivity index (χ1n) is 4.97. The van der Waals surface area contributed by atoms with Gasteiger partial charge in [0.1, 0.15) is 11.9 Å². The fourth-order valence-corrected chi connectivity index (χ4v) is 1.32. The van der Waals surface area contributed by atoms with E-state index in [9.17, 15) is 23.4 Å². The minimum absolute atomic E-state index is 0.276. The summed E-state index contributed by atoms with van der Waals surface area (Å²) in [6.07, 6.45) is -7.01. The summed E-state index contributed by atoms with van der Waals surface area (Å²) in [6, 6.07) is 0.590. The number of hydrogen-bond donors (Lipinski definition) is 3. The number of halogens is 3. The molecule has 0 saturated heterocycles. The number of aliphatic hydroxyl groups is 2. The third-order valence-corrected chi connectivity index (χ3v) is 2.28. The number of pyridine rings is 1. The predicted molar refractivity (Wildman–Crippen MR) is 58.6 cm³/mol. The number of alkyl halides is 3. The van der Waals surface area contributed by atoms with Crippen molar-refractivity contribution in [3.63, 3.8) is 0 Å². The first kappa shape index (κ1) is 15.0. The zero-order valence-corrected chi connectivity index (χ0v) is 9.41. The lowest BCUT2D eigenvalue weighted by Crippen LogP contribution is -2.22. The van der Waals surface area contributed by atoms with Crippen LogP contribution in [0.15, 0.2) is 17.4 Å². The van der Waals surface area contributed by atoms with Gasteiger partial charge in [0.05, 0.1) is 18.2 Å². The molecule has 0 aliphatic heterocycles. The Hall–Kier alpha value is -2.03. The van der Waals surface area contributed by atoms with Crippen molar-refractivity contribution in [2.24, 2.45) is 5.11 Å². The van der Waals surface area contributed by atoms with Gasteiger partial charge in [0.2, 0.25) is 0 Å². The number of nitrogen functional groups attached to an aromatic ring is 1. The van der Waals surface area contributed by atoms with Gasteiger partial charge >= 0.3 is 6.18 Å². The van der Waals surface area contributed by atoms with Gasteiger partial charge in [-0.15, -0.1) is 0 Å². The molecule has 2 unspecified atom stereocenters. The fraction of sp³-hybridized carbons (Fsp3) is 0.444. The lowest BCUT2D eigenvalue weighted by atomic mass is 10.0. The highest BCUT2D eigenvalue weighted by Crippen LogP contribution is 2.34. The van der Waals surface area contributed by atoms with Crippen molar-refractivity contribution in [1.29, 1.82) is 0 Å². The number of anilines is 1. The molecule has 0 fully saturated rings. The molecule has 1 aromatic heterocycles. The van der Waals surface area contributed by atoms with Crippen molar-refractivity contribution in [2.45, 2.75) is 18.4 Å². The topological polar surface area (TPSA) is 128 Å². The van der Waals surface area contributed by atoms with Crippen LogP contribution in [0.25, 0.3) is 10.4 Å². The largest absolute Gasteiger partial charge is 0.419 e. The third kappa shape index (κ3) is 3.71. The minimum atomic E-state index is -4.72. The number of aliphatic hydroxyl groups excluding tert-OH is 2. The molecule has 0 aliphatic carbocycles. The van der Waals surface area contributed by atoms with Gasteiger partial charge in [-0.05, 0) is 11.6 Å². The quantitative estimate of drug-likeness (QED) is 0.436. The molecule has 0 aromatic carbocycles. The average molecular weight is 277 g/mol. The molecule has 1 rings (SSSR count). The smallest absolute Gasteiger partial charge is 0.390 e. The lowest BCUT2D eigenvalue weighted by Gasteiger charge is -2.18. The summed E-state index contributed by atoms with van der Waals surface area (Å²) in [7, 11) is 0. The molecule has 4 N–H and O–H groups in total. The second-order valence-electron chi connectivity index (χ2n) is 3.62. The Morgan fingerprint density at radius 2 is 2.11 bits per heavy atom. The molecule has 0 bridgehead atoms. The summed E-state index contributed by atoms with van der Waals surface area (Å²) < 4.78 is 37.7. The number of azide groups is 1. The van der Waals surface area contributed by atoms with Gasteiger partial charge < -0.3 is 15.9 Å². The second-order valence-corrected chi connectivity index (χ2v) is 3.62. The van der Waals surface area contributed by atoms with Crippen LogP contribution in [0.1, 0.15) is 17.2 Å². The molecule has 19 heavy (non-hydrogen) atoms. The SMILES string of the molecule is [N-]=[N+]=NCC(O)C(O)c1cnc(N)c(C(F)(F)F)c1. The average Bonchev–Trinajstić information content (AvgIpc) is 2.34. The molecular formula is C9H10F3N5O2.